The summed E-state index contributed by atoms with van der Waals surface area (Å²) in [6.07, 6.45) is 0. The van der Waals surface area contributed by atoms with Crippen LogP contribution in [0.2, 0.25) is 0 Å². The van der Waals surface area contributed by atoms with Crippen molar-refractivity contribution in [1.29, 1.82) is 0 Å². The molecule has 1 heteroatoms. The number of anilines is 3. The van der Waals surface area contributed by atoms with E-state index in [-0.39, 0.29) is 5.69 Å². The number of nitrogens with zero attached hydrogens (tertiary/aromatic N) is 1. The van der Waals surface area contributed by atoms with Crippen molar-refractivity contribution in [1.82, 2.24) is 0 Å². The highest BCUT2D eigenvalue weighted by Crippen LogP contribution is 2.42. The predicted octanol–water partition coefficient (Wildman–Crippen LogP) is 12.5. The minimum atomic E-state index is -0.803. The zero-order chi connectivity index (χ0) is 43.1. The van der Waals surface area contributed by atoms with E-state index in [4.69, 9.17) is 12.3 Å². The van der Waals surface area contributed by atoms with Gasteiger partial charge in [0, 0.05) is 16.8 Å². The highest BCUT2D eigenvalue weighted by molar-refractivity contribution is 6.00. The van der Waals surface area contributed by atoms with Gasteiger partial charge in [-0.3, -0.25) is 0 Å². The van der Waals surface area contributed by atoms with E-state index in [9.17, 15) is 8.22 Å². The van der Waals surface area contributed by atoms with Gasteiger partial charge in [-0.25, -0.2) is 0 Å². The Morgan fingerprint density at radius 2 is 1.00 bits per heavy atom. The lowest BCUT2D eigenvalue weighted by Crippen LogP contribution is -2.10. The summed E-state index contributed by atoms with van der Waals surface area (Å²) in [7, 11) is 0. The zero-order valence-electron chi connectivity index (χ0n) is 38.7. The number of fused-ring (bicyclic) bond motifs is 2. The Morgan fingerprint density at radius 1 is 0.400 bits per heavy atom. The lowest BCUT2D eigenvalue weighted by molar-refractivity contribution is 1.30. The summed E-state index contributed by atoms with van der Waals surface area (Å²) in [5.74, 6) is 0. The normalized spacial score (nSPS) is 15.8. The Bertz CT molecular complexity index is 3050. The van der Waals surface area contributed by atoms with Gasteiger partial charge in [0.25, 0.3) is 0 Å². The van der Waals surface area contributed by atoms with Crippen LogP contribution in [-0.2, 0) is 0 Å². The van der Waals surface area contributed by atoms with Crippen LogP contribution in [0.4, 0.5) is 17.1 Å². The van der Waals surface area contributed by atoms with Gasteiger partial charge in [-0.15, -0.1) is 0 Å². The van der Waals surface area contributed by atoms with E-state index in [1.165, 1.54) is 0 Å². The molecule has 8 rings (SSSR count). The van der Waals surface area contributed by atoms with Crippen molar-refractivity contribution < 1.29 is 20.6 Å². The fraction of sp³-hybridized carbons (Fsp3) is 0. The second-order valence-electron chi connectivity index (χ2n) is 10.2. The van der Waals surface area contributed by atoms with Crippen LogP contribution in [0.25, 0.3) is 54.9 Å². The maximum Gasteiger partial charge on any atom is 0.0645 e. The van der Waals surface area contributed by atoms with Gasteiger partial charge in [0.2, 0.25) is 0 Å². The monoisotopic (exact) mass is 588 g/mol. The Labute approximate surface area is 285 Å². The predicted molar refractivity (Wildman–Crippen MR) is 192 cm³/mol. The van der Waals surface area contributed by atoms with E-state index in [1.54, 1.807) is 17.0 Å². The number of benzene rings is 8. The first-order valence-corrected chi connectivity index (χ1v) is 14.2. The van der Waals surface area contributed by atoms with E-state index in [0.717, 1.165) is 21.9 Å². The molecule has 45 heavy (non-hydrogen) atoms. The third-order valence-electron chi connectivity index (χ3n) is 7.49. The lowest BCUT2D eigenvalue weighted by atomic mass is 9.91. The first-order chi connectivity index (χ1) is 28.6. The molecule has 212 valence electrons. The topological polar surface area (TPSA) is 3.24 Å². The fourth-order valence-electron chi connectivity index (χ4n) is 5.41. The molecule has 0 aromatic heterocycles. The van der Waals surface area contributed by atoms with Gasteiger partial charge in [0.1, 0.15) is 0 Å². The molecule has 0 aliphatic rings. The summed E-state index contributed by atoms with van der Waals surface area (Å²) in [6, 6.07) is 18.9. The average molecular weight is 589 g/mol. The molecule has 0 aliphatic heterocycles. The number of hydrogen-bond acceptors (Lipinski definition) is 1. The van der Waals surface area contributed by atoms with Gasteiger partial charge >= 0.3 is 0 Å². The maximum atomic E-state index is 9.64. The smallest absolute Gasteiger partial charge is 0.0645 e. The van der Waals surface area contributed by atoms with Gasteiger partial charge in [-0.1, -0.05) is 145 Å². The summed E-state index contributed by atoms with van der Waals surface area (Å²) in [5, 5.41) is 0.597. The molecule has 0 N–H and O–H groups in total. The summed E-state index contributed by atoms with van der Waals surface area (Å²) in [6.45, 7) is 0. The van der Waals surface area contributed by atoms with E-state index >= 15 is 0 Å². The van der Waals surface area contributed by atoms with Crippen molar-refractivity contribution in [2.75, 3.05) is 4.90 Å². The third kappa shape index (κ3) is 5.15. The largest absolute Gasteiger partial charge is 0.310 e. The first kappa shape index (κ1) is 15.2. The van der Waals surface area contributed by atoms with Crippen LogP contribution in [-0.4, -0.2) is 0 Å². The van der Waals surface area contributed by atoms with Crippen LogP contribution in [0.3, 0.4) is 0 Å². The maximum absolute atomic E-state index is 9.64. The van der Waals surface area contributed by atoms with Crippen molar-refractivity contribution in [3.05, 3.63) is 188 Å². The van der Waals surface area contributed by atoms with Gasteiger partial charge in [-0.2, -0.15) is 0 Å². The Hall–Kier alpha value is -5.92. The highest BCUT2D eigenvalue weighted by Gasteiger charge is 2.17. The second kappa shape index (κ2) is 11.6. The molecule has 0 aliphatic carbocycles. The van der Waals surface area contributed by atoms with Crippen LogP contribution in [0, 0.1) is 0 Å². The number of hydrogen-bond donors (Lipinski definition) is 0. The zero-order valence-corrected chi connectivity index (χ0v) is 23.7. The van der Waals surface area contributed by atoms with Crippen LogP contribution in [0.15, 0.2) is 188 Å². The van der Waals surface area contributed by atoms with Gasteiger partial charge in [-0.05, 0) is 91.9 Å². The molecule has 0 unspecified atom stereocenters. The molecule has 8 aromatic carbocycles. The molecule has 0 atom stereocenters. The van der Waals surface area contributed by atoms with E-state index < -0.39 is 124 Å². The van der Waals surface area contributed by atoms with E-state index in [0.29, 0.717) is 11.4 Å². The summed E-state index contributed by atoms with van der Waals surface area (Å²) in [4.78, 5) is 1.62. The van der Waals surface area contributed by atoms with E-state index in [1.807, 2.05) is 84.9 Å². The van der Waals surface area contributed by atoms with Crippen molar-refractivity contribution in [2.24, 2.45) is 0 Å². The van der Waals surface area contributed by atoms with Gasteiger partial charge < -0.3 is 4.90 Å². The molecule has 0 bridgehead atoms. The van der Waals surface area contributed by atoms with Crippen LogP contribution < -0.4 is 4.90 Å². The van der Waals surface area contributed by atoms with Crippen molar-refractivity contribution >= 4 is 38.6 Å². The molecule has 0 fully saturated rings. The van der Waals surface area contributed by atoms with Crippen molar-refractivity contribution in [3.63, 3.8) is 0 Å². The third-order valence-corrected chi connectivity index (χ3v) is 7.49. The van der Waals surface area contributed by atoms with Crippen molar-refractivity contribution in [3.8, 4) is 33.4 Å². The molecule has 0 spiro atoms. The Balaban J connectivity index is 1.52. The fourth-order valence-corrected chi connectivity index (χ4v) is 5.41. The Morgan fingerprint density at radius 3 is 1.76 bits per heavy atom. The quantitative estimate of drug-likeness (QED) is 0.187. The van der Waals surface area contributed by atoms with Gasteiger partial charge in [0.15, 0.2) is 0 Å². The summed E-state index contributed by atoms with van der Waals surface area (Å²) >= 11 is 0. The molecule has 1 nitrogen and oxygen atoms in total. The van der Waals surface area contributed by atoms with Crippen LogP contribution in [0.5, 0.6) is 0 Å². The minimum absolute atomic E-state index is 0.181. The van der Waals surface area contributed by atoms with Crippen molar-refractivity contribution in [2.45, 2.75) is 0 Å². The summed E-state index contributed by atoms with van der Waals surface area (Å²) in [5.41, 5.74) is 0.179. The molecule has 0 radical (unpaired) electrons. The lowest BCUT2D eigenvalue weighted by Gasteiger charge is -2.27. The average Bonchev–Trinajstić information content (AvgIpc) is 3.26. The van der Waals surface area contributed by atoms with Crippen LogP contribution in [0.1, 0.15) is 20.6 Å². The number of rotatable bonds is 6. The molecule has 0 saturated heterocycles. The highest BCUT2D eigenvalue weighted by atomic mass is 15.1. The molecule has 0 amide bonds. The molecule has 0 saturated carbocycles. The minimum Gasteiger partial charge on any atom is -0.310 e. The SMILES string of the molecule is [2H]c1c([2H])c([2H])c(-c2c(-c3c([2H])c([2H])c(N(c4cccc(-c5ccccc5)c4)c4cccc5ccccc45)c([2H])c3[2H])c([2H])c3c([2H])c([2H])c([2H])c([2H])c3c2[2H])c([2H])c1[2H]. The molecule has 0 heterocycles. The first-order valence-electron chi connectivity index (χ1n) is 21.7. The molecular weight excluding hydrogens is 542 g/mol. The second-order valence-corrected chi connectivity index (χ2v) is 10.2. The Kier molecular flexibility index (Phi) is 3.93. The molecular formula is C44H31N. The van der Waals surface area contributed by atoms with Crippen LogP contribution >= 0.6 is 0 Å². The standard InChI is InChI=1S/C44H31N/c1-3-13-32(14-4-1)36-21-11-22-40(29-36)45(44-24-12-20-33-17-9-10-23-41(33)44)39-27-25-35(26-28-39)43-31-38-19-8-7-18-37(38)30-42(43)34-15-5-2-6-16-34/h1-31H/i2D,5D,6D,7D,8D,15D,16D,18D,19D,25D,26D,27D,28D,30D,31D. The molecule has 8 aromatic rings. The van der Waals surface area contributed by atoms with Gasteiger partial charge in [0.05, 0.1) is 26.2 Å². The van der Waals surface area contributed by atoms with E-state index in [2.05, 4.69) is 0 Å². The summed E-state index contributed by atoms with van der Waals surface area (Å²) < 4.78 is 134.